The average molecular weight is 197 g/mol. The predicted octanol–water partition coefficient (Wildman–Crippen LogP) is 1.02. The van der Waals surface area contributed by atoms with Gasteiger partial charge in [0.1, 0.15) is 5.69 Å². The number of aromatic nitrogens is 2. The van der Waals surface area contributed by atoms with Crippen molar-refractivity contribution in [2.45, 2.75) is 0 Å². The van der Waals surface area contributed by atoms with Crippen LogP contribution in [0.4, 0.5) is 5.82 Å². The maximum Gasteiger partial charge on any atom is 0.170 e. The summed E-state index contributed by atoms with van der Waals surface area (Å²) < 4.78 is 13.6. The smallest absolute Gasteiger partial charge is 0.170 e. The molecule has 0 N–H and O–H groups in total. The average Bonchev–Trinajstić information content (AvgIpc) is 2.67. The highest BCUT2D eigenvalue weighted by Crippen LogP contribution is 2.19. The fourth-order valence-corrected chi connectivity index (χ4v) is 1.89. The maximum absolute atomic E-state index is 5.26. The van der Waals surface area contributed by atoms with Crippen molar-refractivity contribution in [3.63, 3.8) is 0 Å². The zero-order valence-corrected chi connectivity index (χ0v) is 8.09. The lowest BCUT2D eigenvalue weighted by Crippen LogP contribution is -2.36. The Morgan fingerprint density at radius 1 is 1.38 bits per heavy atom. The van der Waals surface area contributed by atoms with E-state index in [9.17, 15) is 0 Å². The number of morpholine rings is 1. The van der Waals surface area contributed by atoms with Crippen molar-refractivity contribution in [3.8, 4) is 0 Å². The Bertz CT molecular complexity index is 293. The monoisotopic (exact) mass is 197 g/mol. The van der Waals surface area contributed by atoms with Crippen LogP contribution >= 0.6 is 11.7 Å². The first-order valence-corrected chi connectivity index (χ1v) is 4.92. The van der Waals surface area contributed by atoms with E-state index in [4.69, 9.17) is 4.74 Å². The first-order chi connectivity index (χ1) is 6.42. The Morgan fingerprint density at radius 3 is 2.85 bits per heavy atom. The Kier molecular flexibility index (Phi) is 2.56. The van der Waals surface area contributed by atoms with Gasteiger partial charge < -0.3 is 9.64 Å². The lowest BCUT2D eigenvalue weighted by molar-refractivity contribution is 0.122. The third-order valence-corrected chi connectivity index (χ3v) is 2.53. The highest BCUT2D eigenvalue weighted by atomic mass is 32.1. The Balaban J connectivity index is 2.17. The highest BCUT2D eigenvalue weighted by molar-refractivity contribution is 6.99. The fraction of sp³-hybridized carbons (Fsp3) is 0.500. The van der Waals surface area contributed by atoms with Crippen molar-refractivity contribution in [1.82, 2.24) is 8.75 Å². The van der Waals surface area contributed by atoms with E-state index < -0.39 is 0 Å². The van der Waals surface area contributed by atoms with Crippen molar-refractivity contribution in [1.29, 1.82) is 0 Å². The molecule has 0 unspecified atom stereocenters. The normalized spacial score (nSPS) is 17.4. The van der Waals surface area contributed by atoms with E-state index in [2.05, 4.69) is 20.2 Å². The molecule has 0 amide bonds. The number of hydrogen-bond donors (Lipinski definition) is 0. The molecule has 1 saturated heterocycles. The molecule has 0 radical (unpaired) electrons. The molecule has 70 valence electrons. The van der Waals surface area contributed by atoms with Gasteiger partial charge in [-0.3, -0.25) is 0 Å². The van der Waals surface area contributed by atoms with E-state index in [1.165, 1.54) is 11.7 Å². The molecule has 1 aromatic heterocycles. The van der Waals surface area contributed by atoms with Gasteiger partial charge in [-0.05, 0) is 6.08 Å². The van der Waals surface area contributed by atoms with Crippen LogP contribution in [0.2, 0.25) is 0 Å². The number of nitrogens with zero attached hydrogens (tertiary/aromatic N) is 3. The van der Waals surface area contributed by atoms with Crippen molar-refractivity contribution in [2.24, 2.45) is 0 Å². The second-order valence-electron chi connectivity index (χ2n) is 2.78. The predicted molar refractivity (Wildman–Crippen MR) is 53.0 cm³/mol. The van der Waals surface area contributed by atoms with Crippen LogP contribution in [0.15, 0.2) is 6.58 Å². The molecule has 2 heterocycles. The van der Waals surface area contributed by atoms with Gasteiger partial charge in [0.15, 0.2) is 5.82 Å². The van der Waals surface area contributed by atoms with Crippen molar-refractivity contribution in [3.05, 3.63) is 12.3 Å². The summed E-state index contributed by atoms with van der Waals surface area (Å²) in [5.41, 5.74) is 0.881. The van der Waals surface area contributed by atoms with Crippen LogP contribution in [0.1, 0.15) is 5.69 Å². The molecule has 1 aliphatic heterocycles. The van der Waals surface area contributed by atoms with E-state index >= 15 is 0 Å². The lowest BCUT2D eigenvalue weighted by Gasteiger charge is -2.26. The summed E-state index contributed by atoms with van der Waals surface area (Å²) >= 11 is 1.23. The highest BCUT2D eigenvalue weighted by Gasteiger charge is 2.16. The van der Waals surface area contributed by atoms with Crippen LogP contribution in [-0.2, 0) is 4.74 Å². The molecular formula is C8H11N3OS. The molecule has 0 aliphatic carbocycles. The molecule has 1 aromatic rings. The molecule has 0 bridgehead atoms. The summed E-state index contributed by atoms with van der Waals surface area (Å²) in [7, 11) is 0. The Labute approximate surface area is 81.2 Å². The maximum atomic E-state index is 5.26. The number of anilines is 1. The van der Waals surface area contributed by atoms with E-state index in [1.807, 2.05) is 0 Å². The summed E-state index contributed by atoms with van der Waals surface area (Å²) in [6.07, 6.45) is 1.74. The molecule has 1 aliphatic rings. The lowest BCUT2D eigenvalue weighted by atomic mass is 10.3. The van der Waals surface area contributed by atoms with E-state index in [0.717, 1.165) is 37.8 Å². The summed E-state index contributed by atoms with van der Waals surface area (Å²) in [6.45, 7) is 7.04. The molecule has 0 spiro atoms. The molecule has 0 atom stereocenters. The van der Waals surface area contributed by atoms with Crippen molar-refractivity contribution in [2.75, 3.05) is 31.2 Å². The molecular weight excluding hydrogens is 186 g/mol. The molecule has 2 rings (SSSR count). The third kappa shape index (κ3) is 1.71. The largest absolute Gasteiger partial charge is 0.378 e. The third-order valence-electron chi connectivity index (χ3n) is 2.00. The van der Waals surface area contributed by atoms with Gasteiger partial charge in [-0.1, -0.05) is 6.58 Å². The van der Waals surface area contributed by atoms with Gasteiger partial charge in [0.05, 0.1) is 24.9 Å². The van der Waals surface area contributed by atoms with E-state index in [-0.39, 0.29) is 0 Å². The van der Waals surface area contributed by atoms with Gasteiger partial charge >= 0.3 is 0 Å². The minimum absolute atomic E-state index is 0.772. The second kappa shape index (κ2) is 3.85. The van der Waals surface area contributed by atoms with E-state index in [1.54, 1.807) is 6.08 Å². The van der Waals surface area contributed by atoms with Gasteiger partial charge in [-0.15, -0.1) is 0 Å². The standard InChI is InChI=1S/C8H11N3OS/c1-2-7-8(10-13-9-7)11-3-5-12-6-4-11/h2H,1,3-6H2. The van der Waals surface area contributed by atoms with Crippen LogP contribution in [0, 0.1) is 0 Å². The summed E-state index contributed by atoms with van der Waals surface area (Å²) in [5.74, 6) is 0.948. The Morgan fingerprint density at radius 2 is 2.15 bits per heavy atom. The summed E-state index contributed by atoms with van der Waals surface area (Å²) in [5, 5.41) is 0. The molecule has 4 nitrogen and oxygen atoms in total. The van der Waals surface area contributed by atoms with Gasteiger partial charge in [-0.25, -0.2) is 0 Å². The van der Waals surface area contributed by atoms with Gasteiger partial charge in [0.25, 0.3) is 0 Å². The van der Waals surface area contributed by atoms with Crippen molar-refractivity contribution < 1.29 is 4.74 Å². The van der Waals surface area contributed by atoms with Gasteiger partial charge in [0, 0.05) is 13.1 Å². The molecule has 13 heavy (non-hydrogen) atoms. The molecule has 0 saturated carbocycles. The van der Waals surface area contributed by atoms with Crippen LogP contribution in [-0.4, -0.2) is 35.1 Å². The van der Waals surface area contributed by atoms with Crippen LogP contribution in [0.25, 0.3) is 6.08 Å². The fourth-order valence-electron chi connectivity index (χ4n) is 1.31. The SMILES string of the molecule is C=Cc1nsnc1N1CCOCC1. The van der Waals surface area contributed by atoms with Gasteiger partial charge in [-0.2, -0.15) is 8.75 Å². The first kappa shape index (κ1) is 8.65. The number of ether oxygens (including phenoxy) is 1. The number of rotatable bonds is 2. The van der Waals surface area contributed by atoms with Crippen LogP contribution in [0.5, 0.6) is 0 Å². The first-order valence-electron chi connectivity index (χ1n) is 4.19. The topological polar surface area (TPSA) is 38.2 Å². The zero-order chi connectivity index (χ0) is 9.10. The molecule has 1 fully saturated rings. The minimum Gasteiger partial charge on any atom is -0.378 e. The Hall–Kier alpha value is -0.940. The molecule has 5 heteroatoms. The number of hydrogen-bond acceptors (Lipinski definition) is 5. The van der Waals surface area contributed by atoms with Crippen LogP contribution in [0.3, 0.4) is 0 Å². The molecule has 0 aromatic carbocycles. The van der Waals surface area contributed by atoms with Crippen molar-refractivity contribution >= 4 is 23.6 Å². The quantitative estimate of drug-likeness (QED) is 0.709. The summed E-state index contributed by atoms with van der Waals surface area (Å²) in [4.78, 5) is 2.18. The zero-order valence-electron chi connectivity index (χ0n) is 7.27. The summed E-state index contributed by atoms with van der Waals surface area (Å²) in [6, 6.07) is 0. The van der Waals surface area contributed by atoms with E-state index in [0.29, 0.717) is 0 Å². The van der Waals surface area contributed by atoms with Crippen LogP contribution < -0.4 is 4.90 Å². The second-order valence-corrected chi connectivity index (χ2v) is 3.31. The van der Waals surface area contributed by atoms with Gasteiger partial charge in [0.2, 0.25) is 0 Å². The minimum atomic E-state index is 0.772.